The van der Waals surface area contributed by atoms with Crippen LogP contribution in [0.4, 0.5) is 0 Å². The quantitative estimate of drug-likeness (QED) is 0.311. The van der Waals surface area contributed by atoms with Gasteiger partial charge in [-0.3, -0.25) is 9.78 Å². The Hall–Kier alpha value is -3.18. The molecule has 2 aromatic carbocycles. The summed E-state index contributed by atoms with van der Waals surface area (Å²) in [6.45, 7) is 12.6. The van der Waals surface area contributed by atoms with Gasteiger partial charge < -0.3 is 14.4 Å². The van der Waals surface area contributed by atoms with Crippen molar-refractivity contribution < 1.29 is 19.2 Å². The number of methoxy groups -OCH3 is 1. The van der Waals surface area contributed by atoms with Crippen LogP contribution in [0.3, 0.4) is 0 Å². The minimum Gasteiger partial charge on any atom is -0.497 e. The Balaban J connectivity index is 1.47. The number of carbonyl (C=O) groups is 1. The van der Waals surface area contributed by atoms with E-state index in [1.54, 1.807) is 7.11 Å². The monoisotopic (exact) mass is 513 g/mol. The van der Waals surface area contributed by atoms with Crippen molar-refractivity contribution in [1.82, 2.24) is 4.98 Å². The molecule has 38 heavy (non-hydrogen) atoms. The van der Waals surface area contributed by atoms with Gasteiger partial charge >= 0.3 is 5.97 Å². The summed E-state index contributed by atoms with van der Waals surface area (Å²) in [5.41, 5.74) is 4.19. The number of quaternary nitrogens is 1. The van der Waals surface area contributed by atoms with Crippen LogP contribution in [0, 0.1) is 17.8 Å². The maximum absolute atomic E-state index is 13.7. The Morgan fingerprint density at radius 2 is 1.95 bits per heavy atom. The SMILES string of the molecule is C=C[C@H]1C[NH+]2CC[C@H]1C[C@H]2[C@H](OC(=O)[C@@H](C)c1ccc(CC(C)C)cc1)c1ccnc2ccc(OC)cc12. The lowest BCUT2D eigenvalue weighted by Crippen LogP contribution is -3.20. The number of hydrogen-bond donors (Lipinski definition) is 1. The molecule has 1 unspecified atom stereocenters. The average molecular weight is 514 g/mol. The highest BCUT2D eigenvalue weighted by molar-refractivity contribution is 5.85. The van der Waals surface area contributed by atoms with Crippen LogP contribution in [-0.2, 0) is 16.0 Å². The Morgan fingerprint density at radius 3 is 2.61 bits per heavy atom. The predicted octanol–water partition coefficient (Wildman–Crippen LogP) is 5.31. The molecule has 4 heterocycles. The van der Waals surface area contributed by atoms with Gasteiger partial charge in [-0.15, -0.1) is 6.58 Å². The van der Waals surface area contributed by atoms with Crippen LogP contribution in [0.2, 0.25) is 0 Å². The van der Waals surface area contributed by atoms with E-state index in [1.165, 1.54) is 16.9 Å². The molecule has 3 aliphatic rings. The van der Waals surface area contributed by atoms with Gasteiger partial charge in [0, 0.05) is 35.9 Å². The minimum absolute atomic E-state index is 0.179. The third kappa shape index (κ3) is 5.35. The Labute approximate surface area is 226 Å². The molecule has 1 aromatic heterocycles. The maximum atomic E-state index is 13.7. The topological polar surface area (TPSA) is 52.9 Å². The highest BCUT2D eigenvalue weighted by atomic mass is 16.5. The number of carbonyl (C=O) groups excluding carboxylic acids is 1. The number of aromatic nitrogens is 1. The van der Waals surface area contributed by atoms with Crippen molar-refractivity contribution >= 4 is 16.9 Å². The van der Waals surface area contributed by atoms with E-state index in [2.05, 4.69) is 55.8 Å². The molecule has 5 heteroatoms. The van der Waals surface area contributed by atoms with Crippen LogP contribution in [-0.4, -0.2) is 37.2 Å². The number of fused-ring (bicyclic) bond motifs is 4. The van der Waals surface area contributed by atoms with E-state index in [1.807, 2.05) is 37.4 Å². The average Bonchev–Trinajstić information content (AvgIpc) is 2.95. The molecule has 2 bridgehead atoms. The molecule has 1 N–H and O–H groups in total. The van der Waals surface area contributed by atoms with Gasteiger partial charge in [0.1, 0.15) is 11.8 Å². The zero-order valence-corrected chi connectivity index (χ0v) is 23.2. The lowest BCUT2D eigenvalue weighted by molar-refractivity contribution is -0.949. The molecule has 0 saturated carbocycles. The van der Waals surface area contributed by atoms with Crippen molar-refractivity contribution in [3.63, 3.8) is 0 Å². The zero-order valence-electron chi connectivity index (χ0n) is 23.2. The molecule has 3 fully saturated rings. The van der Waals surface area contributed by atoms with Gasteiger partial charge in [-0.25, -0.2) is 0 Å². The second-order valence-corrected chi connectivity index (χ2v) is 11.6. The molecule has 0 aliphatic carbocycles. The molecular formula is C33H41N2O3+. The Morgan fingerprint density at radius 1 is 1.16 bits per heavy atom. The normalized spacial score (nSPS) is 24.2. The van der Waals surface area contributed by atoms with Crippen LogP contribution in [0.25, 0.3) is 10.9 Å². The van der Waals surface area contributed by atoms with Gasteiger partial charge in [0.25, 0.3) is 0 Å². The van der Waals surface area contributed by atoms with Crippen LogP contribution in [0.15, 0.2) is 67.4 Å². The third-order valence-corrected chi connectivity index (χ3v) is 8.70. The van der Waals surface area contributed by atoms with Crippen molar-refractivity contribution in [2.75, 3.05) is 20.2 Å². The largest absolute Gasteiger partial charge is 0.497 e. The molecule has 6 rings (SSSR count). The molecule has 6 atom stereocenters. The van der Waals surface area contributed by atoms with Gasteiger partial charge in [-0.1, -0.05) is 44.2 Å². The molecule has 0 amide bonds. The first-order chi connectivity index (χ1) is 18.4. The predicted molar refractivity (Wildman–Crippen MR) is 151 cm³/mol. The van der Waals surface area contributed by atoms with Crippen LogP contribution in [0.1, 0.15) is 62.3 Å². The zero-order chi connectivity index (χ0) is 26.8. The fourth-order valence-electron chi connectivity index (χ4n) is 6.55. The van der Waals surface area contributed by atoms with Crippen LogP contribution in [0.5, 0.6) is 5.75 Å². The molecule has 3 saturated heterocycles. The number of esters is 1. The number of pyridine rings is 1. The molecule has 3 aromatic rings. The fourth-order valence-corrected chi connectivity index (χ4v) is 6.55. The highest BCUT2D eigenvalue weighted by Crippen LogP contribution is 2.37. The van der Waals surface area contributed by atoms with E-state index in [4.69, 9.17) is 9.47 Å². The Bertz CT molecular complexity index is 1290. The third-order valence-electron chi connectivity index (χ3n) is 8.70. The summed E-state index contributed by atoms with van der Waals surface area (Å²) in [7, 11) is 1.67. The lowest BCUT2D eigenvalue weighted by Gasteiger charge is -2.48. The van der Waals surface area contributed by atoms with Crippen molar-refractivity contribution in [1.29, 1.82) is 0 Å². The molecule has 200 valence electrons. The molecule has 3 aliphatic heterocycles. The molecule has 0 radical (unpaired) electrons. The van der Waals surface area contributed by atoms with E-state index >= 15 is 0 Å². The standard InChI is InChI=1S/C33H40N2O3/c1-6-24-20-35-16-14-26(24)18-31(35)32(28-13-15-34-30-12-11-27(37-5)19-29(28)30)38-33(36)22(4)25-9-7-23(8-10-25)17-21(2)3/h6-13,15,19,21-22,24,26,31-32H,1,14,16-18,20H2,2-5H3/p+1/t22-,24-,26-,31-,32+/m0/s1. The van der Waals surface area contributed by atoms with E-state index < -0.39 is 0 Å². The first-order valence-corrected chi connectivity index (χ1v) is 14.1. The van der Waals surface area contributed by atoms with Gasteiger partial charge in [0.15, 0.2) is 6.10 Å². The first kappa shape index (κ1) is 26.4. The number of nitrogens with one attached hydrogen (secondary N) is 1. The van der Waals surface area contributed by atoms with E-state index in [-0.39, 0.29) is 24.0 Å². The van der Waals surface area contributed by atoms with Gasteiger partial charge in [0.05, 0.1) is 31.6 Å². The van der Waals surface area contributed by atoms with E-state index in [9.17, 15) is 4.79 Å². The molecule has 0 spiro atoms. The summed E-state index contributed by atoms with van der Waals surface area (Å²) >= 11 is 0. The molecule has 5 nitrogen and oxygen atoms in total. The highest BCUT2D eigenvalue weighted by Gasteiger charge is 2.48. The summed E-state index contributed by atoms with van der Waals surface area (Å²) in [6, 6.07) is 16.6. The number of piperidine rings is 3. The number of hydrogen-bond acceptors (Lipinski definition) is 4. The van der Waals surface area contributed by atoms with Crippen molar-refractivity contribution in [2.45, 2.75) is 58.1 Å². The van der Waals surface area contributed by atoms with Crippen molar-refractivity contribution in [2.24, 2.45) is 17.8 Å². The summed E-state index contributed by atoms with van der Waals surface area (Å²) in [4.78, 5) is 19.8. The van der Waals surface area contributed by atoms with Gasteiger partial charge in [-0.05, 0) is 60.6 Å². The number of benzene rings is 2. The number of nitrogens with zero attached hydrogens (tertiary/aromatic N) is 1. The van der Waals surface area contributed by atoms with Crippen LogP contribution >= 0.6 is 0 Å². The number of rotatable bonds is 9. The summed E-state index contributed by atoms with van der Waals surface area (Å²) in [6.07, 6.45) is 6.86. The van der Waals surface area contributed by atoms with Crippen LogP contribution < -0.4 is 9.64 Å². The van der Waals surface area contributed by atoms with E-state index in [0.29, 0.717) is 17.8 Å². The van der Waals surface area contributed by atoms with E-state index in [0.717, 1.165) is 53.7 Å². The van der Waals surface area contributed by atoms with Gasteiger partial charge in [0.2, 0.25) is 0 Å². The summed E-state index contributed by atoms with van der Waals surface area (Å²) in [5.74, 6) is 1.97. The fraction of sp³-hybridized carbons (Fsp3) is 0.455. The second-order valence-electron chi connectivity index (χ2n) is 11.6. The van der Waals surface area contributed by atoms with Gasteiger partial charge in [-0.2, -0.15) is 0 Å². The maximum Gasteiger partial charge on any atom is 0.313 e. The minimum atomic E-state index is -0.355. The summed E-state index contributed by atoms with van der Waals surface area (Å²) in [5, 5.41) is 0.984. The first-order valence-electron chi connectivity index (χ1n) is 14.1. The molecular weight excluding hydrogens is 472 g/mol. The lowest BCUT2D eigenvalue weighted by atomic mass is 9.73. The second kappa shape index (κ2) is 11.3. The number of ether oxygens (including phenoxy) is 2. The van der Waals surface area contributed by atoms with Crippen molar-refractivity contribution in [3.05, 3.63) is 84.1 Å². The summed E-state index contributed by atoms with van der Waals surface area (Å²) < 4.78 is 12.1. The Kier molecular flexibility index (Phi) is 7.85. The smallest absolute Gasteiger partial charge is 0.313 e. The van der Waals surface area contributed by atoms with Crippen molar-refractivity contribution in [3.8, 4) is 5.75 Å².